The Hall–Kier alpha value is -1.50. The number of aliphatic carboxylic acids is 1. The van der Waals surface area contributed by atoms with Gasteiger partial charge in [0.25, 0.3) is 0 Å². The van der Waals surface area contributed by atoms with Crippen LogP contribution in [0.5, 0.6) is 0 Å². The minimum absolute atomic E-state index is 0.299. The highest BCUT2D eigenvalue weighted by atomic mass is 16.6. The Morgan fingerprint density at radius 1 is 0.500 bits per heavy atom. The van der Waals surface area contributed by atoms with Crippen LogP contribution in [0.4, 0.5) is 0 Å². The molecule has 0 heterocycles. The maximum atomic E-state index is 11.3. The molecule has 44 heavy (non-hydrogen) atoms. The molecule has 0 saturated heterocycles. The van der Waals surface area contributed by atoms with E-state index >= 15 is 0 Å². The average molecular weight is 644 g/mol. The van der Waals surface area contributed by atoms with E-state index in [2.05, 4.69) is 23.9 Å². The van der Waals surface area contributed by atoms with Gasteiger partial charge in [0.15, 0.2) is 0 Å². The second kappa shape index (κ2) is 36.0. The fourth-order valence-corrected chi connectivity index (χ4v) is 2.93. The van der Waals surface area contributed by atoms with Gasteiger partial charge in [-0.3, -0.25) is 4.79 Å². The lowest BCUT2D eigenvalue weighted by molar-refractivity contribution is -0.143. The number of hydrogen-bond acceptors (Lipinski definition) is 13. The normalized spacial score (nSPS) is 12.0. The molecule has 15 nitrogen and oxygen atoms in total. The maximum Gasteiger partial charge on any atom is 0.329 e. The highest BCUT2D eigenvalue weighted by Gasteiger charge is 2.03. The number of ether oxygens (including phenoxy) is 11. The van der Waals surface area contributed by atoms with E-state index in [-0.39, 0.29) is 6.61 Å². The summed E-state index contributed by atoms with van der Waals surface area (Å²) >= 11 is 0. The molecule has 15 heteroatoms. The van der Waals surface area contributed by atoms with Gasteiger partial charge in [-0.2, -0.15) is 0 Å². The smallest absolute Gasteiger partial charge is 0.329 e. The number of carbonyl (C=O) groups is 2. The Balaban J connectivity index is 3.10. The van der Waals surface area contributed by atoms with Crippen LogP contribution < -0.4 is 5.32 Å². The van der Waals surface area contributed by atoms with Crippen LogP contribution >= 0.6 is 0 Å². The van der Waals surface area contributed by atoms with Crippen LogP contribution in [0, 0.1) is 5.92 Å². The van der Waals surface area contributed by atoms with E-state index in [1.54, 1.807) is 0 Å². The van der Waals surface area contributed by atoms with Crippen molar-refractivity contribution in [2.45, 2.75) is 20.3 Å². The maximum absolute atomic E-state index is 11.3. The molecule has 1 atom stereocenters. The van der Waals surface area contributed by atoms with E-state index in [4.69, 9.17) is 52.5 Å². The Labute approximate surface area is 262 Å². The number of carbonyl (C=O) groups excluding carboxylic acids is 1. The molecule has 2 N–H and O–H groups in total. The lowest BCUT2D eigenvalue weighted by atomic mass is 10.1. The van der Waals surface area contributed by atoms with Crippen LogP contribution in [0.2, 0.25) is 0 Å². The molecule has 0 aliphatic carbocycles. The minimum atomic E-state index is -1.12. The number of carboxylic acids is 1. The molecular formula is C29H57NO14. The molecule has 0 aliphatic heterocycles. The van der Waals surface area contributed by atoms with Gasteiger partial charge >= 0.3 is 5.97 Å². The third kappa shape index (κ3) is 36.7. The summed E-state index contributed by atoms with van der Waals surface area (Å²) in [6, 6.07) is 0. The summed E-state index contributed by atoms with van der Waals surface area (Å²) in [7, 11) is 0. The van der Waals surface area contributed by atoms with Gasteiger partial charge < -0.3 is 62.5 Å². The fraction of sp³-hybridized carbons (Fsp3) is 0.931. The third-order valence-electron chi connectivity index (χ3n) is 5.47. The van der Waals surface area contributed by atoms with E-state index in [1.807, 2.05) is 0 Å². The van der Waals surface area contributed by atoms with Gasteiger partial charge in [0.05, 0.1) is 126 Å². The lowest BCUT2D eigenvalue weighted by Crippen LogP contribution is -2.31. The van der Waals surface area contributed by atoms with Gasteiger partial charge in [0.2, 0.25) is 5.91 Å². The van der Waals surface area contributed by atoms with Crippen LogP contribution in [-0.2, 0) is 61.7 Å². The fourth-order valence-electron chi connectivity index (χ4n) is 2.93. The molecule has 0 fully saturated rings. The zero-order valence-corrected chi connectivity index (χ0v) is 26.8. The molecule has 0 radical (unpaired) electrons. The molecule has 0 aromatic heterocycles. The van der Waals surface area contributed by atoms with Crippen molar-refractivity contribution >= 4 is 11.9 Å². The Morgan fingerprint density at radius 2 is 0.818 bits per heavy atom. The van der Waals surface area contributed by atoms with Crippen LogP contribution in [0.15, 0.2) is 0 Å². The molecule has 0 rings (SSSR count). The van der Waals surface area contributed by atoms with Crippen molar-refractivity contribution in [1.29, 1.82) is 0 Å². The van der Waals surface area contributed by atoms with Crippen molar-refractivity contribution in [2.24, 2.45) is 5.92 Å². The monoisotopic (exact) mass is 643 g/mol. The summed E-state index contributed by atoms with van der Waals surface area (Å²) in [5, 5.41) is 11.0. The quantitative estimate of drug-likeness (QED) is 0.0894. The van der Waals surface area contributed by atoms with Crippen molar-refractivity contribution in [3.05, 3.63) is 0 Å². The van der Waals surface area contributed by atoms with Gasteiger partial charge in [-0.15, -0.1) is 0 Å². The number of rotatable bonds is 37. The van der Waals surface area contributed by atoms with E-state index in [1.165, 1.54) is 0 Å². The number of hydrogen-bond donors (Lipinski definition) is 2. The summed E-state index contributed by atoms with van der Waals surface area (Å²) in [4.78, 5) is 21.6. The molecule has 0 spiro atoms. The zero-order chi connectivity index (χ0) is 32.2. The first kappa shape index (κ1) is 42.5. The predicted octanol–water partition coefficient (Wildman–Crippen LogP) is 0.416. The topological polar surface area (TPSA) is 168 Å². The summed E-state index contributed by atoms with van der Waals surface area (Å²) in [6.45, 7) is 13.8. The first-order valence-electron chi connectivity index (χ1n) is 15.4. The standard InChI is InChI=1S/C29H57NO14/c1-3-27(2)24-43-23-22-42-21-20-41-19-18-40-17-16-39-15-14-38-13-12-37-11-10-36-9-8-35-7-6-34-5-4-30-28(31)25-44-26-29(32)33/h27H,3-26H2,1-2H3,(H,30,31)(H,32,33). The van der Waals surface area contributed by atoms with Crippen molar-refractivity contribution in [1.82, 2.24) is 5.32 Å². The molecule has 0 saturated carbocycles. The van der Waals surface area contributed by atoms with Gasteiger partial charge in [-0.25, -0.2) is 4.79 Å². The van der Waals surface area contributed by atoms with Crippen LogP contribution in [-0.4, -0.2) is 169 Å². The average Bonchev–Trinajstić information content (AvgIpc) is 3.01. The Bertz CT molecular complexity index is 617. The lowest BCUT2D eigenvalue weighted by Gasteiger charge is -2.10. The molecule has 1 unspecified atom stereocenters. The predicted molar refractivity (Wildman–Crippen MR) is 159 cm³/mol. The van der Waals surface area contributed by atoms with Gasteiger partial charge in [-0.1, -0.05) is 20.3 Å². The van der Waals surface area contributed by atoms with Crippen molar-refractivity contribution in [2.75, 3.05) is 152 Å². The summed E-state index contributed by atoms with van der Waals surface area (Å²) in [5.41, 5.74) is 0. The molecule has 262 valence electrons. The Kier molecular flexibility index (Phi) is 34.7. The minimum Gasteiger partial charge on any atom is -0.480 e. The number of amides is 1. The van der Waals surface area contributed by atoms with E-state index < -0.39 is 18.5 Å². The van der Waals surface area contributed by atoms with Gasteiger partial charge in [-0.05, 0) is 5.92 Å². The summed E-state index contributed by atoms with van der Waals surface area (Å²) in [5.74, 6) is -0.928. The number of carboxylic acid groups (broad SMARTS) is 1. The van der Waals surface area contributed by atoms with Crippen LogP contribution in [0.3, 0.4) is 0 Å². The van der Waals surface area contributed by atoms with Crippen molar-refractivity contribution < 1.29 is 66.8 Å². The first-order valence-corrected chi connectivity index (χ1v) is 15.4. The second-order valence-electron chi connectivity index (χ2n) is 9.34. The SMILES string of the molecule is CCC(C)COCCOCCOCCOCCOCCOCCOCCOCCOCCOCCNC(=O)COCC(=O)O. The molecule has 1 amide bonds. The highest BCUT2D eigenvalue weighted by Crippen LogP contribution is 2.00. The highest BCUT2D eigenvalue weighted by molar-refractivity contribution is 5.77. The van der Waals surface area contributed by atoms with Crippen molar-refractivity contribution in [3.63, 3.8) is 0 Å². The van der Waals surface area contributed by atoms with Gasteiger partial charge in [0, 0.05) is 13.2 Å². The van der Waals surface area contributed by atoms with Crippen LogP contribution in [0.1, 0.15) is 20.3 Å². The molecule has 0 aromatic carbocycles. The number of nitrogens with one attached hydrogen (secondary N) is 1. The summed E-state index contributed by atoms with van der Waals surface area (Å²) < 4.78 is 59.1. The largest absolute Gasteiger partial charge is 0.480 e. The first-order chi connectivity index (χ1) is 21.6. The Morgan fingerprint density at radius 3 is 1.14 bits per heavy atom. The second-order valence-corrected chi connectivity index (χ2v) is 9.34. The molecular weight excluding hydrogens is 586 g/mol. The molecule has 0 aliphatic rings. The van der Waals surface area contributed by atoms with Crippen LogP contribution in [0.25, 0.3) is 0 Å². The third-order valence-corrected chi connectivity index (χ3v) is 5.47. The molecule has 0 bridgehead atoms. The van der Waals surface area contributed by atoms with Crippen molar-refractivity contribution in [3.8, 4) is 0 Å². The van der Waals surface area contributed by atoms with E-state index in [0.717, 1.165) is 13.0 Å². The summed E-state index contributed by atoms with van der Waals surface area (Å²) in [6.07, 6.45) is 1.13. The zero-order valence-electron chi connectivity index (χ0n) is 26.8. The molecule has 0 aromatic rings. The van der Waals surface area contributed by atoms with E-state index in [9.17, 15) is 9.59 Å². The van der Waals surface area contributed by atoms with Gasteiger partial charge in [0.1, 0.15) is 13.2 Å². The van der Waals surface area contributed by atoms with E-state index in [0.29, 0.717) is 138 Å².